The first-order valence-corrected chi connectivity index (χ1v) is 7.54. The molecule has 0 bridgehead atoms. The van der Waals surface area contributed by atoms with Gasteiger partial charge in [0.2, 0.25) is 0 Å². The zero-order chi connectivity index (χ0) is 15.2. The molecular weight excluding hydrogens is 360 g/mol. The van der Waals surface area contributed by atoms with Crippen LogP contribution in [0.1, 0.15) is 5.69 Å². The fraction of sp³-hybridized carbons (Fsp3) is 0.154. The van der Waals surface area contributed by atoms with Gasteiger partial charge in [0.15, 0.2) is 11.7 Å². The smallest absolute Gasteiger partial charge is 0.309 e. The van der Waals surface area contributed by atoms with Crippen LogP contribution in [0.4, 0.5) is 5.13 Å². The maximum atomic E-state index is 11.7. The van der Waals surface area contributed by atoms with Crippen LogP contribution in [0.3, 0.4) is 0 Å². The highest BCUT2D eigenvalue weighted by molar-refractivity contribution is 9.10. The van der Waals surface area contributed by atoms with Crippen molar-refractivity contribution >= 4 is 44.3 Å². The molecule has 110 valence electrons. The van der Waals surface area contributed by atoms with E-state index in [-0.39, 0.29) is 18.9 Å². The highest BCUT2D eigenvalue weighted by atomic mass is 79.9. The van der Waals surface area contributed by atoms with Crippen molar-refractivity contribution in [2.45, 2.75) is 6.42 Å². The van der Waals surface area contributed by atoms with E-state index in [9.17, 15) is 9.59 Å². The average molecular weight is 371 g/mol. The molecule has 0 radical (unpaired) electrons. The molecule has 1 aromatic heterocycles. The van der Waals surface area contributed by atoms with E-state index in [1.165, 1.54) is 11.3 Å². The Labute approximate surface area is 132 Å². The molecule has 21 heavy (non-hydrogen) atoms. The van der Waals surface area contributed by atoms with E-state index in [0.717, 1.165) is 4.47 Å². The first kappa shape index (κ1) is 15.5. The van der Waals surface area contributed by atoms with Gasteiger partial charge in [0.05, 0.1) is 12.1 Å². The van der Waals surface area contributed by atoms with Crippen LogP contribution >= 0.6 is 27.3 Å². The SMILES string of the molecule is O=C(O)Cc1csc(NC(=O)COc2ccc(Br)cc2)n1. The van der Waals surface area contributed by atoms with E-state index in [0.29, 0.717) is 16.6 Å². The summed E-state index contributed by atoms with van der Waals surface area (Å²) >= 11 is 4.48. The normalized spacial score (nSPS) is 10.1. The Morgan fingerprint density at radius 2 is 2.05 bits per heavy atom. The number of aromatic nitrogens is 1. The number of halogens is 1. The lowest BCUT2D eigenvalue weighted by Gasteiger charge is -2.05. The molecule has 1 aromatic carbocycles. The number of carboxylic acids is 1. The largest absolute Gasteiger partial charge is 0.484 e. The van der Waals surface area contributed by atoms with Crippen LogP contribution in [0.15, 0.2) is 34.1 Å². The first-order chi connectivity index (χ1) is 10.0. The van der Waals surface area contributed by atoms with Gasteiger partial charge in [-0.2, -0.15) is 0 Å². The van der Waals surface area contributed by atoms with Gasteiger partial charge in [-0.25, -0.2) is 4.98 Å². The number of nitrogens with one attached hydrogen (secondary N) is 1. The van der Waals surface area contributed by atoms with Crippen LogP contribution in [-0.4, -0.2) is 28.6 Å². The van der Waals surface area contributed by atoms with Gasteiger partial charge in [-0.1, -0.05) is 15.9 Å². The van der Waals surface area contributed by atoms with Crippen LogP contribution in [0.5, 0.6) is 5.75 Å². The van der Waals surface area contributed by atoms with Gasteiger partial charge in [0, 0.05) is 9.85 Å². The highest BCUT2D eigenvalue weighted by Crippen LogP contribution is 2.17. The number of carboxylic acid groups (broad SMARTS) is 1. The molecular formula is C13H11BrN2O4S. The molecule has 0 aliphatic carbocycles. The summed E-state index contributed by atoms with van der Waals surface area (Å²) in [7, 11) is 0. The Balaban J connectivity index is 1.82. The van der Waals surface area contributed by atoms with E-state index in [4.69, 9.17) is 9.84 Å². The topological polar surface area (TPSA) is 88.5 Å². The van der Waals surface area contributed by atoms with Crippen molar-refractivity contribution in [1.29, 1.82) is 0 Å². The fourth-order valence-corrected chi connectivity index (χ4v) is 2.43. The van der Waals surface area contributed by atoms with Crippen molar-refractivity contribution in [2.75, 3.05) is 11.9 Å². The molecule has 0 saturated carbocycles. The third kappa shape index (κ3) is 5.16. The number of aliphatic carboxylic acids is 1. The number of rotatable bonds is 6. The molecule has 0 spiro atoms. The quantitative estimate of drug-likeness (QED) is 0.815. The Morgan fingerprint density at radius 1 is 1.33 bits per heavy atom. The van der Waals surface area contributed by atoms with Crippen molar-refractivity contribution in [1.82, 2.24) is 4.98 Å². The molecule has 0 saturated heterocycles. The van der Waals surface area contributed by atoms with Crippen LogP contribution in [-0.2, 0) is 16.0 Å². The number of nitrogens with zero attached hydrogens (tertiary/aromatic N) is 1. The molecule has 0 aliphatic heterocycles. The molecule has 0 aliphatic rings. The summed E-state index contributed by atoms with van der Waals surface area (Å²) in [6, 6.07) is 7.11. The summed E-state index contributed by atoms with van der Waals surface area (Å²) in [6.45, 7) is -0.143. The zero-order valence-corrected chi connectivity index (χ0v) is 13.1. The zero-order valence-electron chi connectivity index (χ0n) is 10.7. The molecule has 2 aromatic rings. The van der Waals surface area contributed by atoms with Gasteiger partial charge in [0.25, 0.3) is 5.91 Å². The predicted octanol–water partition coefficient (Wildman–Crippen LogP) is 2.55. The Kier molecular flexibility index (Phi) is 5.29. The van der Waals surface area contributed by atoms with E-state index in [1.807, 2.05) is 12.1 Å². The van der Waals surface area contributed by atoms with E-state index in [1.54, 1.807) is 17.5 Å². The third-order valence-electron chi connectivity index (χ3n) is 2.31. The Bertz CT molecular complexity index is 642. The number of carbonyl (C=O) groups excluding carboxylic acids is 1. The van der Waals surface area contributed by atoms with Crippen LogP contribution in [0.25, 0.3) is 0 Å². The molecule has 1 amide bonds. The second kappa shape index (κ2) is 7.19. The van der Waals surface area contributed by atoms with Crippen LogP contribution in [0.2, 0.25) is 0 Å². The number of ether oxygens (including phenoxy) is 1. The third-order valence-corrected chi connectivity index (χ3v) is 3.65. The standard InChI is InChI=1S/C13H11BrN2O4S/c14-8-1-3-10(4-2-8)20-6-11(17)16-13-15-9(7-21-13)5-12(18)19/h1-4,7H,5-6H2,(H,18,19)(H,15,16,17). The Morgan fingerprint density at radius 3 is 2.71 bits per heavy atom. The van der Waals surface area contributed by atoms with Crippen molar-refractivity contribution in [3.63, 3.8) is 0 Å². The van der Waals surface area contributed by atoms with Gasteiger partial charge in [0.1, 0.15) is 5.75 Å². The first-order valence-electron chi connectivity index (χ1n) is 5.87. The van der Waals surface area contributed by atoms with Gasteiger partial charge in [-0.05, 0) is 24.3 Å². The fourth-order valence-electron chi connectivity index (χ4n) is 1.44. The van der Waals surface area contributed by atoms with E-state index in [2.05, 4.69) is 26.2 Å². The summed E-state index contributed by atoms with van der Waals surface area (Å²) in [5, 5.41) is 13.2. The maximum Gasteiger partial charge on any atom is 0.309 e. The number of amides is 1. The molecule has 8 heteroatoms. The van der Waals surface area contributed by atoms with Gasteiger partial charge in [-0.3, -0.25) is 14.9 Å². The lowest BCUT2D eigenvalue weighted by Crippen LogP contribution is -2.20. The summed E-state index contributed by atoms with van der Waals surface area (Å²) in [5.74, 6) is -0.732. The summed E-state index contributed by atoms with van der Waals surface area (Å²) < 4.78 is 6.24. The predicted molar refractivity (Wildman–Crippen MR) is 81.7 cm³/mol. The summed E-state index contributed by atoms with van der Waals surface area (Å²) in [4.78, 5) is 26.2. The number of anilines is 1. The Hall–Kier alpha value is -1.93. The van der Waals surface area contributed by atoms with E-state index < -0.39 is 5.97 Å². The number of thiazole rings is 1. The molecule has 2 rings (SSSR count). The van der Waals surface area contributed by atoms with Crippen molar-refractivity contribution < 1.29 is 19.4 Å². The van der Waals surface area contributed by atoms with Crippen molar-refractivity contribution in [3.05, 3.63) is 39.8 Å². The molecule has 6 nitrogen and oxygen atoms in total. The van der Waals surface area contributed by atoms with Crippen LogP contribution in [0, 0.1) is 0 Å². The second-order valence-corrected chi connectivity index (χ2v) is 5.78. The minimum Gasteiger partial charge on any atom is -0.484 e. The summed E-state index contributed by atoms with van der Waals surface area (Å²) in [5.41, 5.74) is 0.414. The number of hydrogen-bond donors (Lipinski definition) is 2. The van der Waals surface area contributed by atoms with Gasteiger partial charge < -0.3 is 9.84 Å². The van der Waals surface area contributed by atoms with Crippen LogP contribution < -0.4 is 10.1 Å². The van der Waals surface area contributed by atoms with Gasteiger partial charge >= 0.3 is 5.97 Å². The van der Waals surface area contributed by atoms with Crippen molar-refractivity contribution in [3.8, 4) is 5.75 Å². The second-order valence-electron chi connectivity index (χ2n) is 4.01. The maximum absolute atomic E-state index is 11.7. The molecule has 0 fully saturated rings. The van der Waals surface area contributed by atoms with Crippen molar-refractivity contribution in [2.24, 2.45) is 0 Å². The average Bonchev–Trinajstić information content (AvgIpc) is 2.84. The molecule has 2 N–H and O–H groups in total. The number of carbonyl (C=O) groups is 2. The molecule has 0 unspecified atom stereocenters. The van der Waals surface area contributed by atoms with E-state index >= 15 is 0 Å². The summed E-state index contributed by atoms with van der Waals surface area (Å²) in [6.07, 6.45) is -0.165. The lowest BCUT2D eigenvalue weighted by molar-refractivity contribution is -0.136. The minimum atomic E-state index is -0.961. The number of benzene rings is 1. The molecule has 0 atom stereocenters. The molecule has 1 heterocycles. The monoisotopic (exact) mass is 370 g/mol. The highest BCUT2D eigenvalue weighted by Gasteiger charge is 2.09. The van der Waals surface area contributed by atoms with Gasteiger partial charge in [-0.15, -0.1) is 11.3 Å². The lowest BCUT2D eigenvalue weighted by atomic mass is 10.3. The minimum absolute atomic E-state index is 0.143. The number of hydrogen-bond acceptors (Lipinski definition) is 5.